The molecule has 0 bridgehead atoms. The Balaban J connectivity index is 2.30. The predicted octanol–water partition coefficient (Wildman–Crippen LogP) is 10.1. The van der Waals surface area contributed by atoms with Gasteiger partial charge in [0.15, 0.2) is 0 Å². The van der Waals surface area contributed by atoms with Gasteiger partial charge in [0.05, 0.1) is 11.3 Å². The summed E-state index contributed by atoms with van der Waals surface area (Å²) >= 11 is 0. The van der Waals surface area contributed by atoms with Crippen LogP contribution in [0, 0.1) is 24.7 Å². The summed E-state index contributed by atoms with van der Waals surface area (Å²) < 4.78 is 0. The third kappa shape index (κ3) is 10.8. The number of hydrogen-bond donors (Lipinski definition) is 0. The molecule has 4 nitrogen and oxygen atoms in total. The highest BCUT2D eigenvalue weighted by molar-refractivity contribution is 6.25. The van der Waals surface area contributed by atoms with Gasteiger partial charge in [-0.3, -0.25) is 0 Å². The van der Waals surface area contributed by atoms with Crippen LogP contribution in [0.25, 0.3) is 6.08 Å². The second kappa shape index (κ2) is 18.3. The van der Waals surface area contributed by atoms with E-state index in [9.17, 15) is 4.79 Å². The highest BCUT2D eigenvalue weighted by Crippen LogP contribution is 2.29. The molecule has 220 valence electrons. The molecule has 3 unspecified atom stereocenters. The Bertz CT molecular complexity index is 901. The number of oxime groups is 1. The van der Waals surface area contributed by atoms with Crippen LogP contribution in [0.2, 0.25) is 0 Å². The predicted molar refractivity (Wildman–Crippen MR) is 169 cm³/mol. The van der Waals surface area contributed by atoms with Gasteiger partial charge in [-0.2, -0.15) is 0 Å². The molecule has 0 spiro atoms. The minimum atomic E-state index is -0.316. The van der Waals surface area contributed by atoms with Gasteiger partial charge in [0, 0.05) is 18.8 Å². The summed E-state index contributed by atoms with van der Waals surface area (Å²) in [4.78, 5) is 20.4. The SMILES string of the molecule is CCCCC(CC)CC1=NOC(=O)C1=Cc1ccc(N(CC(CC)CCCC)CC(CC)CCCC)cc1C. The molecule has 3 atom stereocenters. The van der Waals surface area contributed by atoms with Gasteiger partial charge in [-0.05, 0) is 73.3 Å². The lowest BCUT2D eigenvalue weighted by molar-refractivity contribution is -0.136. The minimum Gasteiger partial charge on any atom is -0.371 e. The van der Waals surface area contributed by atoms with Crippen molar-refractivity contribution in [2.24, 2.45) is 22.9 Å². The molecule has 0 saturated carbocycles. The van der Waals surface area contributed by atoms with Gasteiger partial charge in [0.25, 0.3) is 0 Å². The number of anilines is 1. The lowest BCUT2D eigenvalue weighted by atomic mass is 9.90. The second-order valence-corrected chi connectivity index (χ2v) is 11.9. The number of rotatable bonds is 20. The molecule has 0 aromatic heterocycles. The van der Waals surface area contributed by atoms with Crippen molar-refractivity contribution < 1.29 is 9.63 Å². The quantitative estimate of drug-likeness (QED) is 0.122. The van der Waals surface area contributed by atoms with Crippen molar-refractivity contribution in [3.63, 3.8) is 0 Å². The first-order valence-corrected chi connectivity index (χ1v) is 16.3. The summed E-state index contributed by atoms with van der Waals surface area (Å²) in [6, 6.07) is 6.80. The second-order valence-electron chi connectivity index (χ2n) is 11.9. The zero-order valence-electron chi connectivity index (χ0n) is 26.4. The van der Waals surface area contributed by atoms with Crippen LogP contribution in [0.4, 0.5) is 5.69 Å². The number of unbranched alkanes of at least 4 members (excludes halogenated alkanes) is 3. The summed E-state index contributed by atoms with van der Waals surface area (Å²) in [5.74, 6) is 1.67. The Morgan fingerprint density at radius 3 is 1.85 bits per heavy atom. The van der Waals surface area contributed by atoms with Crippen LogP contribution in [0.1, 0.15) is 136 Å². The van der Waals surface area contributed by atoms with E-state index in [1.165, 1.54) is 81.9 Å². The van der Waals surface area contributed by atoms with E-state index in [4.69, 9.17) is 4.84 Å². The molecular formula is C35H58N2O2. The van der Waals surface area contributed by atoms with Crippen molar-refractivity contribution in [2.45, 2.75) is 132 Å². The summed E-state index contributed by atoms with van der Waals surface area (Å²) in [7, 11) is 0. The fraction of sp³-hybridized carbons (Fsp3) is 0.714. The van der Waals surface area contributed by atoms with Crippen molar-refractivity contribution >= 4 is 23.4 Å². The van der Waals surface area contributed by atoms with Crippen LogP contribution in [0.5, 0.6) is 0 Å². The highest BCUT2D eigenvalue weighted by atomic mass is 16.7. The molecule has 0 radical (unpaired) electrons. The van der Waals surface area contributed by atoms with Crippen LogP contribution in [-0.2, 0) is 9.63 Å². The molecule has 0 N–H and O–H groups in total. The first-order valence-electron chi connectivity index (χ1n) is 16.3. The summed E-state index contributed by atoms with van der Waals surface area (Å²) in [5.41, 5.74) is 5.04. The Morgan fingerprint density at radius 2 is 1.36 bits per heavy atom. The first-order chi connectivity index (χ1) is 18.9. The van der Waals surface area contributed by atoms with Crippen molar-refractivity contribution in [3.05, 3.63) is 34.9 Å². The molecule has 1 aliphatic heterocycles. The smallest absolute Gasteiger partial charge is 0.367 e. The Kier molecular flexibility index (Phi) is 15.5. The van der Waals surface area contributed by atoms with Gasteiger partial charge >= 0.3 is 5.97 Å². The molecule has 0 fully saturated rings. The minimum absolute atomic E-state index is 0.316. The zero-order chi connectivity index (χ0) is 28.6. The number of carbonyl (C=O) groups is 1. The Hall–Kier alpha value is -2.10. The highest BCUT2D eigenvalue weighted by Gasteiger charge is 2.27. The van der Waals surface area contributed by atoms with Gasteiger partial charge in [0.1, 0.15) is 0 Å². The molecule has 1 aromatic carbocycles. The number of aryl methyl sites for hydroxylation is 1. The molecule has 39 heavy (non-hydrogen) atoms. The van der Waals surface area contributed by atoms with Gasteiger partial charge < -0.3 is 9.74 Å². The number of carbonyl (C=O) groups excluding carboxylic acids is 1. The summed E-state index contributed by atoms with van der Waals surface area (Å²) in [5, 5.41) is 4.19. The lowest BCUT2D eigenvalue weighted by Gasteiger charge is -2.33. The van der Waals surface area contributed by atoms with E-state index in [2.05, 4.69) is 76.7 Å². The standard InChI is InChI=1S/C35H58N2O2/c1-8-14-17-28(11-4)23-34-33(35(38)39-36-34)24-31-20-21-32(22-27(31)7)37(25-29(12-5)18-15-9-2)26-30(13-6)19-16-10-3/h20-22,24,28-30H,8-19,23,25-26H2,1-7H3. The van der Waals surface area contributed by atoms with Gasteiger partial charge in [-0.1, -0.05) is 117 Å². The monoisotopic (exact) mass is 538 g/mol. The first kappa shape index (κ1) is 33.1. The Labute approximate surface area is 240 Å². The maximum atomic E-state index is 12.6. The van der Waals surface area contributed by atoms with E-state index in [0.717, 1.165) is 49.0 Å². The van der Waals surface area contributed by atoms with E-state index in [1.54, 1.807) is 0 Å². The van der Waals surface area contributed by atoms with E-state index in [-0.39, 0.29) is 5.97 Å². The number of benzene rings is 1. The topological polar surface area (TPSA) is 41.9 Å². The van der Waals surface area contributed by atoms with Crippen LogP contribution >= 0.6 is 0 Å². The average Bonchev–Trinajstić information content (AvgIpc) is 3.29. The maximum Gasteiger partial charge on any atom is 0.367 e. The van der Waals surface area contributed by atoms with Gasteiger partial charge in [0.2, 0.25) is 0 Å². The molecule has 4 heteroatoms. The van der Waals surface area contributed by atoms with Gasteiger partial charge in [-0.15, -0.1) is 0 Å². The van der Waals surface area contributed by atoms with Crippen molar-refractivity contribution in [1.29, 1.82) is 0 Å². The van der Waals surface area contributed by atoms with E-state index < -0.39 is 0 Å². The number of hydrogen-bond acceptors (Lipinski definition) is 4. The molecule has 0 saturated heterocycles. The molecular weight excluding hydrogens is 480 g/mol. The summed E-state index contributed by atoms with van der Waals surface area (Å²) in [6.45, 7) is 18.2. The van der Waals surface area contributed by atoms with Crippen LogP contribution in [0.3, 0.4) is 0 Å². The largest absolute Gasteiger partial charge is 0.371 e. The molecule has 0 amide bonds. The van der Waals surface area contributed by atoms with Gasteiger partial charge in [-0.25, -0.2) is 4.79 Å². The fourth-order valence-corrected chi connectivity index (χ4v) is 5.74. The summed E-state index contributed by atoms with van der Waals surface area (Å²) in [6.07, 6.45) is 17.7. The molecule has 1 heterocycles. The van der Waals surface area contributed by atoms with E-state index >= 15 is 0 Å². The third-order valence-electron chi connectivity index (χ3n) is 8.76. The molecule has 0 aliphatic carbocycles. The van der Waals surface area contributed by atoms with E-state index in [1.807, 2.05) is 6.08 Å². The lowest BCUT2D eigenvalue weighted by Crippen LogP contribution is -2.34. The fourth-order valence-electron chi connectivity index (χ4n) is 5.74. The van der Waals surface area contributed by atoms with E-state index in [0.29, 0.717) is 11.5 Å². The van der Waals surface area contributed by atoms with Crippen molar-refractivity contribution in [2.75, 3.05) is 18.0 Å². The van der Waals surface area contributed by atoms with Crippen molar-refractivity contribution in [3.8, 4) is 0 Å². The average molecular weight is 539 g/mol. The number of nitrogens with zero attached hydrogens (tertiary/aromatic N) is 2. The molecule has 1 aromatic rings. The third-order valence-corrected chi connectivity index (χ3v) is 8.76. The normalized spacial score (nSPS) is 16.7. The van der Waals surface area contributed by atoms with Crippen LogP contribution < -0.4 is 4.90 Å². The van der Waals surface area contributed by atoms with Crippen LogP contribution in [0.15, 0.2) is 28.9 Å². The zero-order valence-corrected chi connectivity index (χ0v) is 26.4. The molecule has 1 aliphatic rings. The maximum absolute atomic E-state index is 12.6. The van der Waals surface area contributed by atoms with Crippen LogP contribution in [-0.4, -0.2) is 24.8 Å². The van der Waals surface area contributed by atoms with Crippen molar-refractivity contribution in [1.82, 2.24) is 0 Å². The molecule has 2 rings (SSSR count). The Morgan fingerprint density at radius 1 is 0.821 bits per heavy atom.